The predicted molar refractivity (Wildman–Crippen MR) is 122 cm³/mol. The van der Waals surface area contributed by atoms with Crippen molar-refractivity contribution in [3.8, 4) is 11.1 Å². The lowest BCUT2D eigenvalue weighted by atomic mass is 9.97. The highest BCUT2D eigenvalue weighted by Gasteiger charge is 2.37. The third kappa shape index (κ3) is 6.63. The van der Waals surface area contributed by atoms with E-state index in [-0.39, 0.29) is 18.8 Å². The second-order valence-corrected chi connectivity index (χ2v) is 10.0. The minimum Gasteiger partial charge on any atom is -0.462 e. The zero-order chi connectivity index (χ0) is 25.5. The molecule has 0 amide bonds. The summed E-state index contributed by atoms with van der Waals surface area (Å²) in [6.45, 7) is 3.36. The normalized spacial score (nSPS) is 11.8. The molecule has 0 unspecified atom stereocenters. The smallest absolute Gasteiger partial charge is 0.340 e. The molecule has 0 atom stereocenters. The summed E-state index contributed by atoms with van der Waals surface area (Å²) in [4.78, 5) is 23.7. The van der Waals surface area contributed by atoms with E-state index < -0.39 is 58.7 Å². The Morgan fingerprint density at radius 3 is 1.82 bits per heavy atom. The highest BCUT2D eigenvalue weighted by molar-refractivity contribution is 7.86. The van der Waals surface area contributed by atoms with Crippen molar-refractivity contribution in [3.63, 3.8) is 0 Å². The number of benzene rings is 2. The highest BCUT2D eigenvalue weighted by Crippen LogP contribution is 2.38. The maximum atomic E-state index is 13.1. The van der Waals surface area contributed by atoms with Crippen LogP contribution in [-0.2, 0) is 29.7 Å². The van der Waals surface area contributed by atoms with Gasteiger partial charge in [-0.2, -0.15) is 16.8 Å². The number of unbranched alkanes of at least 4 members (excludes halogenated alkanes) is 2. The van der Waals surface area contributed by atoms with Crippen molar-refractivity contribution < 1.29 is 45.0 Å². The molecule has 0 radical (unpaired) electrons. The number of rotatable bonds is 11. The number of hydrogen-bond acceptors (Lipinski definition) is 8. The van der Waals surface area contributed by atoms with E-state index in [4.69, 9.17) is 9.47 Å². The SMILES string of the molecule is CCCCOC(=O)c1cc(S(=O)(=O)O)c(-c2ccccc2)c(C(=O)OCCCC)c1S(=O)(=O)O. The summed E-state index contributed by atoms with van der Waals surface area (Å²) in [5.41, 5.74) is -2.34. The molecule has 0 spiro atoms. The minimum absolute atomic E-state index is 0.0216. The Bertz CT molecular complexity index is 1250. The first-order valence-corrected chi connectivity index (χ1v) is 13.4. The molecule has 2 N–H and O–H groups in total. The summed E-state index contributed by atoms with van der Waals surface area (Å²) in [7, 11) is -10.4. The lowest BCUT2D eigenvalue weighted by Gasteiger charge is -2.19. The van der Waals surface area contributed by atoms with E-state index in [9.17, 15) is 35.5 Å². The van der Waals surface area contributed by atoms with Crippen LogP contribution in [-0.4, -0.2) is 51.1 Å². The monoisotopic (exact) mass is 514 g/mol. The molecule has 2 aromatic rings. The molecule has 0 aliphatic heterocycles. The van der Waals surface area contributed by atoms with Gasteiger partial charge in [0.05, 0.1) is 24.3 Å². The fraction of sp³-hybridized carbons (Fsp3) is 0.364. The molecule has 2 aromatic carbocycles. The van der Waals surface area contributed by atoms with Crippen molar-refractivity contribution in [1.82, 2.24) is 0 Å². The van der Waals surface area contributed by atoms with Crippen LogP contribution in [0.1, 0.15) is 60.2 Å². The molecule has 34 heavy (non-hydrogen) atoms. The third-order valence-corrected chi connectivity index (χ3v) is 6.55. The van der Waals surface area contributed by atoms with Crippen molar-refractivity contribution >= 4 is 32.2 Å². The van der Waals surface area contributed by atoms with Gasteiger partial charge in [0.25, 0.3) is 20.2 Å². The molecule has 0 saturated heterocycles. The van der Waals surface area contributed by atoms with Crippen molar-refractivity contribution in [2.24, 2.45) is 0 Å². The van der Waals surface area contributed by atoms with E-state index >= 15 is 0 Å². The zero-order valence-electron chi connectivity index (χ0n) is 18.7. The molecule has 0 aromatic heterocycles. The molecule has 0 aliphatic carbocycles. The first-order chi connectivity index (χ1) is 15.9. The van der Waals surface area contributed by atoms with Crippen LogP contribution in [0.5, 0.6) is 0 Å². The van der Waals surface area contributed by atoms with Gasteiger partial charge in [-0.3, -0.25) is 9.11 Å². The molecular weight excluding hydrogens is 488 g/mol. The second-order valence-electron chi connectivity index (χ2n) is 7.30. The van der Waals surface area contributed by atoms with Crippen LogP contribution < -0.4 is 0 Å². The summed E-state index contributed by atoms with van der Waals surface area (Å²) in [6.07, 6.45) is 2.10. The van der Waals surface area contributed by atoms with Gasteiger partial charge in [-0.1, -0.05) is 57.0 Å². The topological polar surface area (TPSA) is 161 Å². The first kappa shape index (κ1) is 27.4. The van der Waals surface area contributed by atoms with Crippen LogP contribution in [0.25, 0.3) is 11.1 Å². The van der Waals surface area contributed by atoms with E-state index in [1.54, 1.807) is 6.07 Å². The van der Waals surface area contributed by atoms with Crippen LogP contribution in [0.15, 0.2) is 46.2 Å². The Balaban J connectivity index is 3.01. The Morgan fingerprint density at radius 1 is 0.824 bits per heavy atom. The second kappa shape index (κ2) is 11.6. The van der Waals surface area contributed by atoms with Crippen LogP contribution in [0, 0.1) is 0 Å². The van der Waals surface area contributed by atoms with Gasteiger partial charge in [0.15, 0.2) is 0 Å². The lowest BCUT2D eigenvalue weighted by Crippen LogP contribution is -2.21. The average Bonchev–Trinajstić information content (AvgIpc) is 2.77. The molecule has 12 heteroatoms. The van der Waals surface area contributed by atoms with Crippen LogP contribution in [0.4, 0.5) is 0 Å². The molecule has 0 bridgehead atoms. The Morgan fingerprint density at radius 2 is 1.35 bits per heavy atom. The number of ether oxygens (including phenoxy) is 2. The van der Waals surface area contributed by atoms with Crippen LogP contribution in [0.2, 0.25) is 0 Å². The lowest BCUT2D eigenvalue weighted by molar-refractivity contribution is 0.0488. The molecule has 0 fully saturated rings. The van der Waals surface area contributed by atoms with E-state index in [0.717, 1.165) is 0 Å². The molecule has 186 valence electrons. The number of carbonyl (C=O) groups is 2. The van der Waals surface area contributed by atoms with Gasteiger partial charge in [-0.05, 0) is 24.5 Å². The summed E-state index contributed by atoms with van der Waals surface area (Å²) in [5, 5.41) is 0. The molecule has 0 saturated carbocycles. The summed E-state index contributed by atoms with van der Waals surface area (Å²) in [5.74, 6) is -2.60. The molecule has 0 aliphatic rings. The van der Waals surface area contributed by atoms with E-state index in [1.807, 2.05) is 13.8 Å². The summed E-state index contributed by atoms with van der Waals surface area (Å²) in [6, 6.07) is 7.83. The van der Waals surface area contributed by atoms with E-state index in [1.165, 1.54) is 24.3 Å². The van der Waals surface area contributed by atoms with Gasteiger partial charge >= 0.3 is 11.9 Å². The predicted octanol–water partition coefficient (Wildman–Crippen LogP) is 3.76. The highest BCUT2D eigenvalue weighted by atomic mass is 32.2. The zero-order valence-corrected chi connectivity index (χ0v) is 20.3. The van der Waals surface area contributed by atoms with Gasteiger partial charge in [-0.25, -0.2) is 9.59 Å². The maximum absolute atomic E-state index is 13.1. The van der Waals surface area contributed by atoms with E-state index in [0.29, 0.717) is 31.7 Å². The Labute approximate surface area is 198 Å². The first-order valence-electron chi connectivity index (χ1n) is 10.5. The van der Waals surface area contributed by atoms with Gasteiger partial charge in [0, 0.05) is 5.56 Å². The summed E-state index contributed by atoms with van der Waals surface area (Å²) >= 11 is 0. The summed E-state index contributed by atoms with van der Waals surface area (Å²) < 4.78 is 79.5. The molecule has 10 nitrogen and oxygen atoms in total. The van der Waals surface area contributed by atoms with Gasteiger partial charge in [0.1, 0.15) is 9.79 Å². The fourth-order valence-corrected chi connectivity index (χ4v) is 4.73. The number of esters is 2. The van der Waals surface area contributed by atoms with Crippen LogP contribution in [0.3, 0.4) is 0 Å². The molecule has 2 rings (SSSR count). The Kier molecular flexibility index (Phi) is 9.33. The number of carbonyl (C=O) groups excluding carboxylic acids is 2. The van der Waals surface area contributed by atoms with Crippen LogP contribution >= 0.6 is 0 Å². The van der Waals surface area contributed by atoms with E-state index in [2.05, 4.69) is 0 Å². The quantitative estimate of drug-likeness (QED) is 0.256. The molecule has 0 heterocycles. The van der Waals surface area contributed by atoms with Crippen molar-refractivity contribution in [1.29, 1.82) is 0 Å². The number of hydrogen-bond donors (Lipinski definition) is 2. The molecular formula is C22H26O10S2. The minimum atomic E-state index is -5.29. The fourth-order valence-electron chi connectivity index (χ4n) is 3.12. The largest absolute Gasteiger partial charge is 0.462 e. The third-order valence-electron chi connectivity index (χ3n) is 4.73. The Hall–Kier alpha value is -2.80. The average molecular weight is 515 g/mol. The van der Waals surface area contributed by atoms with Gasteiger partial charge < -0.3 is 9.47 Å². The van der Waals surface area contributed by atoms with Crippen molar-refractivity contribution in [2.45, 2.75) is 49.3 Å². The van der Waals surface area contributed by atoms with Crippen molar-refractivity contribution in [3.05, 3.63) is 47.5 Å². The standard InChI is InChI=1S/C22H26O10S2/c1-3-5-12-31-21(23)16-14-17(33(25,26)27)18(15-10-8-7-9-11-15)19(20(16)34(28,29)30)22(24)32-13-6-4-2/h7-11,14H,3-6,12-13H2,1-2H3,(H,25,26,27)(H,28,29,30). The van der Waals surface area contributed by atoms with Crippen molar-refractivity contribution in [2.75, 3.05) is 13.2 Å². The van der Waals surface area contributed by atoms with Gasteiger partial charge in [0.2, 0.25) is 0 Å². The maximum Gasteiger partial charge on any atom is 0.340 e. The van der Waals surface area contributed by atoms with Gasteiger partial charge in [-0.15, -0.1) is 0 Å².